The fourth-order valence-corrected chi connectivity index (χ4v) is 1.62. The average Bonchev–Trinajstić information content (AvgIpc) is 2.29. The monoisotopic (exact) mass is 241 g/mol. The highest BCUT2D eigenvalue weighted by molar-refractivity contribution is 7.80. The van der Waals surface area contributed by atoms with Gasteiger partial charge in [0.2, 0.25) is 0 Å². The van der Waals surface area contributed by atoms with Gasteiger partial charge in [0.15, 0.2) is 0 Å². The molecule has 4 nitrogen and oxygen atoms in total. The number of aliphatic hydroxyl groups is 1. The number of hydrogen-bond donors (Lipinski definition) is 4. The minimum Gasteiger partial charge on any atom is -0.480 e. The maximum Gasteiger partial charge on any atom is 0.324 e. The lowest BCUT2D eigenvalue weighted by atomic mass is 9.92. The van der Waals surface area contributed by atoms with Gasteiger partial charge in [-0.25, -0.2) is 0 Å². The normalized spacial score (nSPS) is 16.4. The summed E-state index contributed by atoms with van der Waals surface area (Å²) in [5, 5.41) is 18.8. The smallest absolute Gasteiger partial charge is 0.324 e. The molecule has 1 aromatic rings. The SMILES string of the molecule is N[C@](CS)(CC(O)c1ccccc1)C(=O)O. The van der Waals surface area contributed by atoms with Crippen LogP contribution in [-0.2, 0) is 4.79 Å². The second kappa shape index (κ2) is 5.34. The first-order valence-corrected chi connectivity index (χ1v) is 5.49. The van der Waals surface area contributed by atoms with Gasteiger partial charge in [0.25, 0.3) is 0 Å². The first-order valence-electron chi connectivity index (χ1n) is 4.86. The molecule has 0 bridgehead atoms. The van der Waals surface area contributed by atoms with Gasteiger partial charge < -0.3 is 15.9 Å². The highest BCUT2D eigenvalue weighted by Gasteiger charge is 2.35. The molecule has 2 atom stereocenters. The molecule has 16 heavy (non-hydrogen) atoms. The highest BCUT2D eigenvalue weighted by Crippen LogP contribution is 2.23. The number of rotatable bonds is 5. The van der Waals surface area contributed by atoms with Crippen LogP contribution in [0.3, 0.4) is 0 Å². The van der Waals surface area contributed by atoms with Crippen LogP contribution in [0.15, 0.2) is 30.3 Å². The minimum atomic E-state index is -1.50. The lowest BCUT2D eigenvalue weighted by Gasteiger charge is -2.25. The number of carbonyl (C=O) groups is 1. The summed E-state index contributed by atoms with van der Waals surface area (Å²) in [4.78, 5) is 10.9. The van der Waals surface area contributed by atoms with Gasteiger partial charge >= 0.3 is 5.97 Å². The molecule has 0 aliphatic carbocycles. The van der Waals surface area contributed by atoms with Crippen LogP contribution in [0.2, 0.25) is 0 Å². The van der Waals surface area contributed by atoms with E-state index in [1.165, 1.54) is 0 Å². The zero-order valence-corrected chi connectivity index (χ0v) is 9.60. The number of carboxylic acids is 1. The molecule has 5 heteroatoms. The topological polar surface area (TPSA) is 83.5 Å². The minimum absolute atomic E-state index is 0.0216. The lowest BCUT2D eigenvalue weighted by Crippen LogP contribution is -2.50. The van der Waals surface area contributed by atoms with Crippen molar-refractivity contribution in [2.45, 2.75) is 18.1 Å². The van der Waals surface area contributed by atoms with E-state index in [9.17, 15) is 9.90 Å². The summed E-state index contributed by atoms with van der Waals surface area (Å²) >= 11 is 3.91. The molecule has 0 aromatic heterocycles. The van der Waals surface area contributed by atoms with Crippen LogP contribution >= 0.6 is 12.6 Å². The molecule has 88 valence electrons. The number of hydrogen-bond acceptors (Lipinski definition) is 4. The summed E-state index contributed by atoms with van der Waals surface area (Å²) in [7, 11) is 0. The first-order chi connectivity index (χ1) is 7.49. The van der Waals surface area contributed by atoms with Crippen LogP contribution in [0.5, 0.6) is 0 Å². The molecular weight excluding hydrogens is 226 g/mol. The molecule has 0 saturated carbocycles. The predicted octanol–water partition coefficient (Wildman–Crippen LogP) is 0.822. The van der Waals surface area contributed by atoms with Gasteiger partial charge in [0, 0.05) is 12.2 Å². The third-order valence-corrected chi connectivity index (χ3v) is 3.01. The summed E-state index contributed by atoms with van der Waals surface area (Å²) < 4.78 is 0. The van der Waals surface area contributed by atoms with E-state index in [1.807, 2.05) is 6.07 Å². The number of nitrogens with two attached hydrogens (primary N) is 1. The van der Waals surface area contributed by atoms with Gasteiger partial charge in [-0.1, -0.05) is 30.3 Å². The number of thiol groups is 1. The van der Waals surface area contributed by atoms with Crippen molar-refractivity contribution >= 4 is 18.6 Å². The quantitative estimate of drug-likeness (QED) is 0.575. The maximum absolute atomic E-state index is 10.9. The van der Waals surface area contributed by atoms with Crippen molar-refractivity contribution in [1.29, 1.82) is 0 Å². The van der Waals surface area contributed by atoms with E-state index < -0.39 is 17.6 Å². The van der Waals surface area contributed by atoms with Crippen LogP contribution in [0, 0.1) is 0 Å². The summed E-state index contributed by atoms with van der Waals surface area (Å²) in [6, 6.07) is 8.83. The Morgan fingerprint density at radius 3 is 2.44 bits per heavy atom. The average molecular weight is 241 g/mol. The van der Waals surface area contributed by atoms with Gasteiger partial charge in [-0.05, 0) is 5.56 Å². The predicted molar refractivity (Wildman–Crippen MR) is 64.4 cm³/mol. The largest absolute Gasteiger partial charge is 0.480 e. The molecule has 0 heterocycles. The standard InChI is InChI=1S/C11H15NO3S/c12-11(7-16,10(14)15)6-9(13)8-4-2-1-3-5-8/h1-5,9,13,16H,6-7,12H2,(H,14,15)/t9?,11-/m0/s1. The van der Waals surface area contributed by atoms with Crippen molar-refractivity contribution in [3.8, 4) is 0 Å². The number of aliphatic carboxylic acids is 1. The van der Waals surface area contributed by atoms with Crippen LogP contribution in [-0.4, -0.2) is 27.5 Å². The van der Waals surface area contributed by atoms with Crippen LogP contribution in [0.25, 0.3) is 0 Å². The van der Waals surface area contributed by atoms with Crippen molar-refractivity contribution in [1.82, 2.24) is 0 Å². The Morgan fingerprint density at radius 1 is 1.44 bits per heavy atom. The van der Waals surface area contributed by atoms with E-state index in [2.05, 4.69) is 12.6 Å². The second-order valence-electron chi connectivity index (χ2n) is 3.75. The Bertz CT molecular complexity index is 358. The van der Waals surface area contributed by atoms with Gasteiger partial charge in [0.1, 0.15) is 5.54 Å². The molecule has 0 fully saturated rings. The van der Waals surface area contributed by atoms with Crippen LogP contribution in [0.1, 0.15) is 18.1 Å². The molecule has 1 rings (SSSR count). The molecule has 4 N–H and O–H groups in total. The van der Waals surface area contributed by atoms with Crippen molar-refractivity contribution < 1.29 is 15.0 Å². The van der Waals surface area contributed by atoms with E-state index in [0.29, 0.717) is 5.56 Å². The van der Waals surface area contributed by atoms with Crippen molar-refractivity contribution in [2.24, 2.45) is 5.73 Å². The highest BCUT2D eigenvalue weighted by atomic mass is 32.1. The van der Waals surface area contributed by atoms with Crippen LogP contribution < -0.4 is 5.73 Å². The molecule has 0 aliphatic rings. The summed E-state index contributed by atoms with van der Waals surface area (Å²) in [6.45, 7) is 0. The number of benzene rings is 1. The molecule has 1 aromatic carbocycles. The Morgan fingerprint density at radius 2 is 2.00 bits per heavy atom. The molecule has 0 spiro atoms. The van der Waals surface area contributed by atoms with Gasteiger partial charge in [-0.15, -0.1) is 0 Å². The molecular formula is C11H15NO3S. The van der Waals surface area contributed by atoms with E-state index in [4.69, 9.17) is 10.8 Å². The van der Waals surface area contributed by atoms with E-state index >= 15 is 0 Å². The Hall–Kier alpha value is -1.04. The first kappa shape index (κ1) is 13.0. The molecule has 0 amide bonds. The Balaban J connectivity index is 2.78. The van der Waals surface area contributed by atoms with Crippen molar-refractivity contribution in [3.05, 3.63) is 35.9 Å². The summed E-state index contributed by atoms with van der Waals surface area (Å²) in [5.74, 6) is -1.18. The van der Waals surface area contributed by atoms with Crippen molar-refractivity contribution in [3.63, 3.8) is 0 Å². The van der Waals surface area contributed by atoms with Gasteiger partial charge in [-0.3, -0.25) is 4.79 Å². The summed E-state index contributed by atoms with van der Waals surface area (Å²) in [5.41, 5.74) is 4.79. The fourth-order valence-electron chi connectivity index (χ4n) is 1.36. The van der Waals surface area contributed by atoms with E-state index in [1.54, 1.807) is 24.3 Å². The Kier molecular flexibility index (Phi) is 4.35. The zero-order chi connectivity index (χ0) is 12.2. The number of aliphatic hydroxyl groups excluding tert-OH is 1. The third kappa shape index (κ3) is 2.98. The number of carboxylic acid groups (broad SMARTS) is 1. The Labute approximate surface area is 99.5 Å². The second-order valence-corrected chi connectivity index (χ2v) is 4.07. The summed E-state index contributed by atoms with van der Waals surface area (Å²) in [6.07, 6.45) is -0.954. The van der Waals surface area contributed by atoms with Crippen molar-refractivity contribution in [2.75, 3.05) is 5.75 Å². The third-order valence-electron chi connectivity index (χ3n) is 2.45. The maximum atomic E-state index is 10.9. The fraction of sp³-hybridized carbons (Fsp3) is 0.364. The molecule has 1 unspecified atom stereocenters. The van der Waals surface area contributed by atoms with E-state index in [0.717, 1.165) is 0 Å². The van der Waals surface area contributed by atoms with Gasteiger partial charge in [0.05, 0.1) is 6.10 Å². The van der Waals surface area contributed by atoms with E-state index in [-0.39, 0.29) is 12.2 Å². The lowest BCUT2D eigenvalue weighted by molar-refractivity contribution is -0.143. The molecule has 0 aliphatic heterocycles. The van der Waals surface area contributed by atoms with Crippen LogP contribution in [0.4, 0.5) is 0 Å². The van der Waals surface area contributed by atoms with Gasteiger partial charge in [-0.2, -0.15) is 12.6 Å². The molecule has 0 radical (unpaired) electrons. The molecule has 0 saturated heterocycles. The zero-order valence-electron chi connectivity index (χ0n) is 8.71.